The van der Waals surface area contributed by atoms with Crippen LogP contribution in [-0.2, 0) is 9.53 Å². The van der Waals surface area contributed by atoms with Gasteiger partial charge in [-0.15, -0.1) is 0 Å². The lowest BCUT2D eigenvalue weighted by Crippen LogP contribution is -2.20. The van der Waals surface area contributed by atoms with Gasteiger partial charge in [-0.3, -0.25) is 4.79 Å². The molecule has 2 nitrogen and oxygen atoms in total. The summed E-state index contributed by atoms with van der Waals surface area (Å²) in [5.41, 5.74) is 0. The third-order valence-electron chi connectivity index (χ3n) is 4.06. The first kappa shape index (κ1) is 18.5. The van der Waals surface area contributed by atoms with Crippen molar-refractivity contribution in [1.82, 2.24) is 0 Å². The smallest absolute Gasteiger partial charge is 0.302 e. The molecule has 2 heteroatoms. The van der Waals surface area contributed by atoms with Gasteiger partial charge in [0.15, 0.2) is 0 Å². The summed E-state index contributed by atoms with van der Waals surface area (Å²) in [4.78, 5) is 10.9. The fraction of sp³-hybridized carbons (Fsp3) is 0.941. The molecule has 0 saturated heterocycles. The molecule has 0 aliphatic rings. The first-order valence-corrected chi connectivity index (χ1v) is 8.14. The van der Waals surface area contributed by atoms with E-state index in [0.717, 1.165) is 12.3 Å². The van der Waals surface area contributed by atoms with Gasteiger partial charge in [0.25, 0.3) is 0 Å². The Kier molecular flexibility index (Phi) is 11.0. The monoisotopic (exact) mass is 270 g/mol. The van der Waals surface area contributed by atoms with Crippen LogP contribution in [0.2, 0.25) is 0 Å². The Labute approximate surface area is 120 Å². The zero-order valence-corrected chi connectivity index (χ0v) is 13.7. The number of hydrogen-bond donors (Lipinski definition) is 0. The molecule has 0 aromatic rings. The molecule has 3 atom stereocenters. The number of hydrogen-bond acceptors (Lipinski definition) is 2. The lowest BCUT2D eigenvalue weighted by Gasteiger charge is -2.20. The van der Waals surface area contributed by atoms with Crippen LogP contribution in [0.5, 0.6) is 0 Å². The number of carbonyl (C=O) groups is 1. The summed E-state index contributed by atoms with van der Waals surface area (Å²) in [5, 5.41) is 0. The number of rotatable bonds is 11. The molecule has 0 aliphatic carbocycles. The van der Waals surface area contributed by atoms with Crippen LogP contribution < -0.4 is 0 Å². The van der Waals surface area contributed by atoms with Crippen molar-refractivity contribution >= 4 is 5.97 Å². The van der Waals surface area contributed by atoms with Gasteiger partial charge in [-0.05, 0) is 25.2 Å². The van der Waals surface area contributed by atoms with Gasteiger partial charge in [-0.1, -0.05) is 65.7 Å². The van der Waals surface area contributed by atoms with E-state index >= 15 is 0 Å². The van der Waals surface area contributed by atoms with Crippen LogP contribution in [0.1, 0.15) is 86.0 Å². The molecule has 0 bridgehead atoms. The summed E-state index contributed by atoms with van der Waals surface area (Å²) in [7, 11) is 0. The van der Waals surface area contributed by atoms with Gasteiger partial charge in [0.1, 0.15) is 6.10 Å². The Morgan fingerprint density at radius 2 is 1.58 bits per heavy atom. The predicted molar refractivity (Wildman–Crippen MR) is 82.2 cm³/mol. The average Bonchev–Trinajstić information content (AvgIpc) is 2.33. The minimum Gasteiger partial charge on any atom is -0.463 e. The molecule has 0 amide bonds. The van der Waals surface area contributed by atoms with E-state index in [1.807, 2.05) is 6.92 Å². The first-order chi connectivity index (χ1) is 8.97. The van der Waals surface area contributed by atoms with Crippen LogP contribution in [0.3, 0.4) is 0 Å². The van der Waals surface area contributed by atoms with Gasteiger partial charge in [-0.2, -0.15) is 0 Å². The van der Waals surface area contributed by atoms with Gasteiger partial charge >= 0.3 is 5.97 Å². The third-order valence-corrected chi connectivity index (χ3v) is 4.06. The van der Waals surface area contributed by atoms with Crippen LogP contribution in [0.15, 0.2) is 0 Å². The molecule has 0 saturated carbocycles. The van der Waals surface area contributed by atoms with E-state index in [0.29, 0.717) is 5.92 Å². The number of unbranched alkanes of at least 4 members (excludes halogenated alkanes) is 3. The summed E-state index contributed by atoms with van der Waals surface area (Å²) < 4.78 is 5.22. The lowest BCUT2D eigenvalue weighted by molar-refractivity contribution is -0.147. The fourth-order valence-corrected chi connectivity index (χ4v) is 2.46. The fourth-order valence-electron chi connectivity index (χ4n) is 2.46. The maximum Gasteiger partial charge on any atom is 0.302 e. The van der Waals surface area contributed by atoms with Gasteiger partial charge in [0.05, 0.1) is 0 Å². The van der Waals surface area contributed by atoms with Crippen molar-refractivity contribution in [2.45, 2.75) is 92.1 Å². The van der Waals surface area contributed by atoms with E-state index in [1.165, 1.54) is 51.9 Å². The number of carbonyl (C=O) groups excluding carboxylic acids is 1. The van der Waals surface area contributed by atoms with Gasteiger partial charge < -0.3 is 4.74 Å². The molecular weight excluding hydrogens is 236 g/mol. The maximum absolute atomic E-state index is 10.9. The highest BCUT2D eigenvalue weighted by molar-refractivity contribution is 5.66. The van der Waals surface area contributed by atoms with E-state index in [1.54, 1.807) is 0 Å². The Hall–Kier alpha value is -0.530. The molecule has 0 rings (SSSR count). The Morgan fingerprint density at radius 1 is 0.947 bits per heavy atom. The quantitative estimate of drug-likeness (QED) is 0.373. The second kappa shape index (κ2) is 11.3. The highest BCUT2D eigenvalue weighted by Crippen LogP contribution is 2.20. The van der Waals surface area contributed by atoms with Crippen molar-refractivity contribution in [2.24, 2.45) is 11.8 Å². The second-order valence-electron chi connectivity index (χ2n) is 6.18. The van der Waals surface area contributed by atoms with E-state index in [-0.39, 0.29) is 12.1 Å². The average molecular weight is 270 g/mol. The van der Waals surface area contributed by atoms with Crippen molar-refractivity contribution in [3.8, 4) is 0 Å². The highest BCUT2D eigenvalue weighted by atomic mass is 16.5. The Morgan fingerprint density at radius 3 is 2.16 bits per heavy atom. The van der Waals surface area contributed by atoms with Crippen LogP contribution >= 0.6 is 0 Å². The predicted octanol–water partition coefficient (Wildman–Crippen LogP) is 5.35. The zero-order chi connectivity index (χ0) is 14.7. The van der Waals surface area contributed by atoms with Crippen molar-refractivity contribution in [2.75, 3.05) is 0 Å². The Bertz CT molecular complexity index is 225. The molecule has 0 heterocycles. The highest BCUT2D eigenvalue weighted by Gasteiger charge is 2.15. The van der Waals surface area contributed by atoms with Crippen molar-refractivity contribution < 1.29 is 9.53 Å². The summed E-state index contributed by atoms with van der Waals surface area (Å²) in [5.74, 6) is 1.15. The zero-order valence-electron chi connectivity index (χ0n) is 13.7. The summed E-state index contributed by atoms with van der Waals surface area (Å²) in [6, 6.07) is 0. The molecule has 0 unspecified atom stereocenters. The molecule has 0 aromatic heterocycles. The molecule has 0 aromatic carbocycles. The molecule has 0 spiro atoms. The van der Waals surface area contributed by atoms with E-state index in [2.05, 4.69) is 20.8 Å². The lowest BCUT2D eigenvalue weighted by atomic mass is 9.93. The first-order valence-electron chi connectivity index (χ1n) is 8.14. The van der Waals surface area contributed by atoms with Crippen molar-refractivity contribution in [1.29, 1.82) is 0 Å². The Balaban J connectivity index is 3.57. The second-order valence-corrected chi connectivity index (χ2v) is 6.18. The molecule has 19 heavy (non-hydrogen) atoms. The van der Waals surface area contributed by atoms with E-state index in [4.69, 9.17) is 4.74 Å². The minimum absolute atomic E-state index is 0.0531. The van der Waals surface area contributed by atoms with Crippen molar-refractivity contribution in [3.63, 3.8) is 0 Å². The summed E-state index contributed by atoms with van der Waals surface area (Å²) in [6.07, 6.45) is 10.6. The van der Waals surface area contributed by atoms with Crippen LogP contribution in [0, 0.1) is 11.8 Å². The molecular formula is C17H34O2. The molecule has 0 N–H and O–H groups in total. The normalized spacial score (nSPS) is 15.8. The number of ether oxygens (including phenoxy) is 1. The van der Waals surface area contributed by atoms with Crippen LogP contribution in [0.25, 0.3) is 0 Å². The standard InChI is InChI=1S/C17H34O2/c1-6-7-8-9-11-14(2)12-10-13-15(3)16(4)19-17(5)18/h14-16H,6-13H2,1-5H3/t14-,15+,16+/m1/s1. The largest absolute Gasteiger partial charge is 0.463 e. The van der Waals surface area contributed by atoms with E-state index < -0.39 is 0 Å². The van der Waals surface area contributed by atoms with Crippen LogP contribution in [0.4, 0.5) is 0 Å². The summed E-state index contributed by atoms with van der Waals surface area (Å²) in [6.45, 7) is 10.3. The molecule has 114 valence electrons. The third kappa shape index (κ3) is 11.0. The summed E-state index contributed by atoms with van der Waals surface area (Å²) >= 11 is 0. The van der Waals surface area contributed by atoms with Gasteiger partial charge in [0.2, 0.25) is 0 Å². The SMILES string of the molecule is CCCCCC[C@@H](C)CCC[C@H](C)[C@H](C)OC(C)=O. The molecule has 0 aliphatic heterocycles. The topological polar surface area (TPSA) is 26.3 Å². The van der Waals surface area contributed by atoms with Crippen molar-refractivity contribution in [3.05, 3.63) is 0 Å². The van der Waals surface area contributed by atoms with Crippen LogP contribution in [-0.4, -0.2) is 12.1 Å². The minimum atomic E-state index is -0.163. The number of esters is 1. The maximum atomic E-state index is 10.9. The van der Waals surface area contributed by atoms with Gasteiger partial charge in [0, 0.05) is 6.92 Å². The molecule has 0 fully saturated rings. The van der Waals surface area contributed by atoms with Gasteiger partial charge in [-0.25, -0.2) is 0 Å². The molecule has 0 radical (unpaired) electrons. The van der Waals surface area contributed by atoms with E-state index in [9.17, 15) is 4.79 Å².